The molecule has 0 saturated heterocycles. The van der Waals surface area contributed by atoms with Gasteiger partial charge >= 0.3 is 0 Å². The van der Waals surface area contributed by atoms with Crippen molar-refractivity contribution < 1.29 is 0 Å². The number of fused-ring (bicyclic) bond motifs is 1. The fourth-order valence-electron chi connectivity index (χ4n) is 1.77. The highest BCUT2D eigenvalue weighted by atomic mass is 32.2. The van der Waals surface area contributed by atoms with Gasteiger partial charge in [0.25, 0.3) is 0 Å². The average Bonchev–Trinajstić information content (AvgIpc) is 2.94. The first kappa shape index (κ1) is 11.9. The SMILES string of the molecule is CSc1nc(N(C)c2cccnc2)n2nccc2n1. The first-order chi connectivity index (χ1) is 9.29. The van der Waals surface area contributed by atoms with Crippen LogP contribution >= 0.6 is 11.8 Å². The lowest BCUT2D eigenvalue weighted by Gasteiger charge is -2.18. The molecule has 0 aliphatic carbocycles. The molecule has 3 heterocycles. The van der Waals surface area contributed by atoms with E-state index in [2.05, 4.69) is 20.1 Å². The quantitative estimate of drug-likeness (QED) is 0.680. The van der Waals surface area contributed by atoms with Crippen molar-refractivity contribution in [1.29, 1.82) is 0 Å². The number of thioether (sulfide) groups is 1. The molecule has 0 aliphatic heterocycles. The summed E-state index contributed by atoms with van der Waals surface area (Å²) in [5.74, 6) is 0.715. The molecular formula is C12H12N6S. The molecule has 0 fully saturated rings. The molecule has 3 aromatic rings. The van der Waals surface area contributed by atoms with Crippen molar-refractivity contribution in [3.05, 3.63) is 36.8 Å². The number of rotatable bonds is 3. The minimum atomic E-state index is 0.715. The van der Waals surface area contributed by atoms with E-state index in [1.165, 1.54) is 11.8 Å². The number of aromatic nitrogens is 5. The Morgan fingerprint density at radius 3 is 2.84 bits per heavy atom. The van der Waals surface area contributed by atoms with E-state index in [-0.39, 0.29) is 0 Å². The number of nitrogens with zero attached hydrogens (tertiary/aromatic N) is 6. The van der Waals surface area contributed by atoms with Crippen molar-refractivity contribution in [1.82, 2.24) is 24.6 Å². The van der Waals surface area contributed by atoms with Crippen molar-refractivity contribution >= 4 is 29.0 Å². The number of anilines is 2. The molecule has 0 spiro atoms. The predicted molar refractivity (Wildman–Crippen MR) is 74.9 cm³/mol. The van der Waals surface area contributed by atoms with Crippen LogP contribution in [0.5, 0.6) is 0 Å². The van der Waals surface area contributed by atoms with Gasteiger partial charge < -0.3 is 4.90 Å². The molecular weight excluding hydrogens is 260 g/mol. The first-order valence-electron chi connectivity index (χ1n) is 5.69. The van der Waals surface area contributed by atoms with Crippen LogP contribution in [0.15, 0.2) is 41.9 Å². The highest BCUT2D eigenvalue weighted by Gasteiger charge is 2.13. The minimum absolute atomic E-state index is 0.715. The fourth-order valence-corrected chi connectivity index (χ4v) is 2.12. The van der Waals surface area contributed by atoms with Crippen LogP contribution in [-0.4, -0.2) is 37.9 Å². The van der Waals surface area contributed by atoms with Crippen molar-refractivity contribution in [2.75, 3.05) is 18.2 Å². The van der Waals surface area contributed by atoms with Crippen LogP contribution in [0, 0.1) is 0 Å². The molecule has 0 saturated carbocycles. The Morgan fingerprint density at radius 2 is 2.11 bits per heavy atom. The Kier molecular flexibility index (Phi) is 3.04. The highest BCUT2D eigenvalue weighted by Crippen LogP contribution is 2.22. The van der Waals surface area contributed by atoms with Gasteiger partial charge in [-0.2, -0.15) is 14.6 Å². The van der Waals surface area contributed by atoms with E-state index in [4.69, 9.17) is 0 Å². The van der Waals surface area contributed by atoms with Crippen molar-refractivity contribution in [3.8, 4) is 0 Å². The van der Waals surface area contributed by atoms with Gasteiger partial charge in [0.1, 0.15) is 0 Å². The number of pyridine rings is 1. The maximum Gasteiger partial charge on any atom is 0.235 e. The van der Waals surface area contributed by atoms with Crippen LogP contribution in [0.3, 0.4) is 0 Å². The van der Waals surface area contributed by atoms with Crippen LogP contribution in [0.25, 0.3) is 5.65 Å². The van der Waals surface area contributed by atoms with Gasteiger partial charge in [0, 0.05) is 19.3 Å². The smallest absolute Gasteiger partial charge is 0.235 e. The Hall–Kier alpha value is -2.15. The van der Waals surface area contributed by atoms with Crippen LogP contribution in [0.1, 0.15) is 0 Å². The monoisotopic (exact) mass is 272 g/mol. The third-order valence-corrected chi connectivity index (χ3v) is 3.28. The third-order valence-electron chi connectivity index (χ3n) is 2.73. The predicted octanol–water partition coefficient (Wildman–Crippen LogP) is 2.01. The van der Waals surface area contributed by atoms with Gasteiger partial charge in [0.2, 0.25) is 5.95 Å². The normalized spacial score (nSPS) is 10.8. The van der Waals surface area contributed by atoms with Crippen molar-refractivity contribution in [2.45, 2.75) is 5.16 Å². The second-order valence-electron chi connectivity index (χ2n) is 3.88. The molecule has 0 amide bonds. The number of hydrogen-bond acceptors (Lipinski definition) is 6. The van der Waals surface area contributed by atoms with Gasteiger partial charge in [-0.25, -0.2) is 4.98 Å². The van der Waals surface area contributed by atoms with E-state index in [1.54, 1.807) is 23.1 Å². The van der Waals surface area contributed by atoms with Crippen LogP contribution < -0.4 is 4.90 Å². The Morgan fingerprint density at radius 1 is 1.21 bits per heavy atom. The van der Waals surface area contributed by atoms with E-state index in [0.29, 0.717) is 5.95 Å². The molecule has 7 heteroatoms. The van der Waals surface area contributed by atoms with Gasteiger partial charge in [0.05, 0.1) is 18.1 Å². The molecule has 0 N–H and O–H groups in total. The average molecular weight is 272 g/mol. The van der Waals surface area contributed by atoms with Gasteiger partial charge in [-0.3, -0.25) is 4.98 Å². The Balaban J connectivity index is 2.16. The van der Waals surface area contributed by atoms with Crippen LogP contribution in [0.2, 0.25) is 0 Å². The molecule has 0 radical (unpaired) electrons. The molecule has 19 heavy (non-hydrogen) atoms. The first-order valence-corrected chi connectivity index (χ1v) is 6.91. The zero-order valence-corrected chi connectivity index (χ0v) is 11.4. The number of hydrogen-bond donors (Lipinski definition) is 0. The van der Waals surface area contributed by atoms with E-state index in [9.17, 15) is 0 Å². The summed E-state index contributed by atoms with van der Waals surface area (Å²) in [6.07, 6.45) is 7.20. The van der Waals surface area contributed by atoms with E-state index < -0.39 is 0 Å². The summed E-state index contributed by atoms with van der Waals surface area (Å²) < 4.78 is 1.72. The summed E-state index contributed by atoms with van der Waals surface area (Å²) in [7, 11) is 1.94. The standard InChI is InChI=1S/C12H12N6S/c1-17(9-4-3-6-13-8-9)12-16-11(19-2)15-10-5-7-14-18(10)12/h3-8H,1-2H3. The van der Waals surface area contributed by atoms with E-state index in [1.807, 2.05) is 36.4 Å². The Bertz CT molecular complexity index is 696. The van der Waals surface area contributed by atoms with Crippen molar-refractivity contribution in [2.24, 2.45) is 0 Å². The fraction of sp³-hybridized carbons (Fsp3) is 0.167. The molecule has 3 rings (SSSR count). The maximum atomic E-state index is 4.52. The minimum Gasteiger partial charge on any atom is -0.312 e. The second-order valence-corrected chi connectivity index (χ2v) is 4.66. The molecule has 0 unspecified atom stereocenters. The Labute approximate surface area is 114 Å². The van der Waals surface area contributed by atoms with Gasteiger partial charge in [-0.1, -0.05) is 11.8 Å². The van der Waals surface area contributed by atoms with E-state index >= 15 is 0 Å². The van der Waals surface area contributed by atoms with E-state index in [0.717, 1.165) is 16.5 Å². The lowest BCUT2D eigenvalue weighted by atomic mass is 10.4. The summed E-state index contributed by atoms with van der Waals surface area (Å²) in [5.41, 5.74) is 1.73. The van der Waals surface area contributed by atoms with Crippen LogP contribution in [-0.2, 0) is 0 Å². The third kappa shape index (κ3) is 2.12. The zero-order valence-electron chi connectivity index (χ0n) is 10.6. The van der Waals surface area contributed by atoms with Gasteiger partial charge in [-0.05, 0) is 18.4 Å². The summed E-state index contributed by atoms with van der Waals surface area (Å²) in [6.45, 7) is 0. The molecule has 0 bridgehead atoms. The summed E-state index contributed by atoms with van der Waals surface area (Å²) in [6, 6.07) is 5.73. The second kappa shape index (κ2) is 4.85. The lowest BCUT2D eigenvalue weighted by molar-refractivity contribution is 0.815. The molecule has 3 aromatic heterocycles. The lowest BCUT2D eigenvalue weighted by Crippen LogP contribution is -2.17. The molecule has 6 nitrogen and oxygen atoms in total. The van der Waals surface area contributed by atoms with Crippen LogP contribution in [0.4, 0.5) is 11.6 Å². The summed E-state index contributed by atoms with van der Waals surface area (Å²) in [5, 5.41) is 4.98. The van der Waals surface area contributed by atoms with Crippen molar-refractivity contribution in [3.63, 3.8) is 0 Å². The topological polar surface area (TPSA) is 59.2 Å². The largest absolute Gasteiger partial charge is 0.312 e. The molecule has 0 atom stereocenters. The molecule has 0 aliphatic rings. The molecule has 96 valence electrons. The summed E-state index contributed by atoms with van der Waals surface area (Å²) >= 11 is 1.51. The highest BCUT2D eigenvalue weighted by molar-refractivity contribution is 7.98. The van der Waals surface area contributed by atoms with Gasteiger partial charge in [-0.15, -0.1) is 0 Å². The summed E-state index contributed by atoms with van der Waals surface area (Å²) in [4.78, 5) is 15.0. The maximum absolute atomic E-state index is 4.52. The zero-order chi connectivity index (χ0) is 13.2. The van der Waals surface area contributed by atoms with Gasteiger partial charge in [0.15, 0.2) is 10.8 Å². The molecule has 0 aromatic carbocycles.